The minimum atomic E-state index is -0.784. The summed E-state index contributed by atoms with van der Waals surface area (Å²) in [6.07, 6.45) is 3.50. The number of benzene rings is 1. The van der Waals surface area contributed by atoms with E-state index in [1.165, 1.54) is 24.3 Å². The molecule has 1 aromatic heterocycles. The highest BCUT2D eigenvalue weighted by Crippen LogP contribution is 2.31. The van der Waals surface area contributed by atoms with Crippen molar-refractivity contribution in [3.63, 3.8) is 0 Å². The third kappa shape index (κ3) is 3.37. The maximum atomic E-state index is 12.5. The number of aromatic nitrogens is 1. The minimum absolute atomic E-state index is 0.141. The molecule has 0 unspecified atom stereocenters. The molecule has 0 saturated carbocycles. The van der Waals surface area contributed by atoms with Crippen LogP contribution in [0.5, 0.6) is 0 Å². The van der Waals surface area contributed by atoms with E-state index in [2.05, 4.69) is 5.43 Å². The van der Waals surface area contributed by atoms with Gasteiger partial charge >= 0.3 is 0 Å². The van der Waals surface area contributed by atoms with Crippen molar-refractivity contribution < 1.29 is 14.5 Å². The molecule has 1 aliphatic heterocycles. The second-order valence-corrected chi connectivity index (χ2v) is 6.95. The van der Waals surface area contributed by atoms with Crippen molar-refractivity contribution in [2.45, 2.75) is 0 Å². The maximum Gasteiger partial charge on any atom is 0.285 e. The largest absolute Gasteiger partial charge is 0.351 e. The summed E-state index contributed by atoms with van der Waals surface area (Å²) in [6, 6.07) is 9.15. The predicted octanol–water partition coefficient (Wildman–Crippen LogP) is 2.48. The smallest absolute Gasteiger partial charge is 0.285 e. The molecule has 132 valence electrons. The zero-order valence-electron chi connectivity index (χ0n) is 13.4. The SMILES string of the molecule is Cn1cccc1/C=C1/SC(=S)N(NC(=O)c2ccccc2[N+](=O)[O-])C1=O. The van der Waals surface area contributed by atoms with Crippen LogP contribution in [0.3, 0.4) is 0 Å². The number of nitrogens with one attached hydrogen (secondary N) is 1. The Kier molecular flexibility index (Phi) is 4.87. The van der Waals surface area contributed by atoms with Crippen molar-refractivity contribution in [1.82, 2.24) is 15.0 Å². The molecular formula is C16H12N4O4S2. The van der Waals surface area contributed by atoms with E-state index in [9.17, 15) is 19.7 Å². The molecule has 1 N–H and O–H groups in total. The number of nitro groups is 1. The first-order valence-electron chi connectivity index (χ1n) is 7.32. The number of carbonyl (C=O) groups excluding carboxylic acids is 2. The summed E-state index contributed by atoms with van der Waals surface area (Å²) in [4.78, 5) is 35.7. The third-order valence-corrected chi connectivity index (χ3v) is 4.92. The summed E-state index contributed by atoms with van der Waals surface area (Å²) in [5.74, 6) is -1.28. The summed E-state index contributed by atoms with van der Waals surface area (Å²) in [7, 11) is 1.84. The number of aryl methyl sites for hydroxylation is 1. The molecule has 2 aromatic rings. The monoisotopic (exact) mass is 388 g/mol. The Hall–Kier alpha value is -2.98. The fourth-order valence-corrected chi connectivity index (χ4v) is 3.47. The Labute approximate surface area is 157 Å². The Bertz CT molecular complexity index is 967. The maximum absolute atomic E-state index is 12.5. The molecule has 1 aliphatic rings. The summed E-state index contributed by atoms with van der Waals surface area (Å²) in [6.45, 7) is 0. The van der Waals surface area contributed by atoms with Crippen LogP contribution in [0.4, 0.5) is 5.69 Å². The molecular weight excluding hydrogens is 376 g/mol. The molecule has 0 bridgehead atoms. The van der Waals surface area contributed by atoms with E-state index in [4.69, 9.17) is 12.2 Å². The number of nitro benzene ring substituents is 1. The number of hydrogen-bond acceptors (Lipinski definition) is 6. The lowest BCUT2D eigenvalue weighted by Gasteiger charge is -2.15. The van der Waals surface area contributed by atoms with Crippen LogP contribution < -0.4 is 5.43 Å². The zero-order chi connectivity index (χ0) is 18.8. The van der Waals surface area contributed by atoms with Gasteiger partial charge in [-0.15, -0.1) is 0 Å². The van der Waals surface area contributed by atoms with Crippen LogP contribution in [-0.4, -0.2) is 30.6 Å². The molecule has 0 aliphatic carbocycles. The van der Waals surface area contributed by atoms with E-state index in [0.717, 1.165) is 22.5 Å². The Morgan fingerprint density at radius 3 is 2.69 bits per heavy atom. The van der Waals surface area contributed by atoms with Crippen LogP contribution in [0.25, 0.3) is 6.08 Å². The highest BCUT2D eigenvalue weighted by atomic mass is 32.2. The Balaban J connectivity index is 1.83. The lowest BCUT2D eigenvalue weighted by molar-refractivity contribution is -0.385. The first kappa shape index (κ1) is 17.8. The van der Waals surface area contributed by atoms with Gasteiger partial charge in [-0.3, -0.25) is 25.1 Å². The normalized spacial score (nSPS) is 15.6. The average Bonchev–Trinajstić information content (AvgIpc) is 3.13. The molecule has 26 heavy (non-hydrogen) atoms. The molecule has 3 rings (SSSR count). The fourth-order valence-electron chi connectivity index (χ4n) is 2.31. The van der Waals surface area contributed by atoms with Crippen LogP contribution in [0, 0.1) is 10.1 Å². The summed E-state index contributed by atoms with van der Waals surface area (Å²) in [5, 5.41) is 12.0. The van der Waals surface area contributed by atoms with E-state index in [1.807, 2.05) is 29.9 Å². The van der Waals surface area contributed by atoms with Crippen molar-refractivity contribution >= 4 is 51.9 Å². The highest BCUT2D eigenvalue weighted by Gasteiger charge is 2.34. The van der Waals surface area contributed by atoms with Crippen LogP contribution >= 0.6 is 24.0 Å². The quantitative estimate of drug-likeness (QED) is 0.374. The van der Waals surface area contributed by atoms with Gasteiger partial charge in [-0.05, 0) is 36.5 Å². The lowest BCUT2D eigenvalue weighted by atomic mass is 10.2. The van der Waals surface area contributed by atoms with Gasteiger partial charge in [0.25, 0.3) is 17.5 Å². The molecule has 0 spiro atoms. The number of carbonyl (C=O) groups is 2. The molecule has 1 saturated heterocycles. The van der Waals surface area contributed by atoms with E-state index < -0.39 is 16.7 Å². The first-order valence-corrected chi connectivity index (χ1v) is 8.54. The van der Waals surface area contributed by atoms with Gasteiger partial charge in [0.15, 0.2) is 4.32 Å². The van der Waals surface area contributed by atoms with Crippen molar-refractivity contribution in [1.29, 1.82) is 0 Å². The highest BCUT2D eigenvalue weighted by molar-refractivity contribution is 8.26. The molecule has 1 aromatic carbocycles. The predicted molar refractivity (Wildman–Crippen MR) is 101 cm³/mol. The lowest BCUT2D eigenvalue weighted by Crippen LogP contribution is -2.45. The number of para-hydroxylation sites is 1. The van der Waals surface area contributed by atoms with Crippen molar-refractivity contribution in [3.05, 3.63) is 68.9 Å². The summed E-state index contributed by atoms with van der Waals surface area (Å²) >= 11 is 6.19. The number of rotatable bonds is 4. The van der Waals surface area contributed by atoms with Crippen LogP contribution in [0.1, 0.15) is 16.1 Å². The van der Waals surface area contributed by atoms with Gasteiger partial charge in [0.1, 0.15) is 5.56 Å². The zero-order valence-corrected chi connectivity index (χ0v) is 15.0. The van der Waals surface area contributed by atoms with Crippen molar-refractivity contribution in [2.24, 2.45) is 7.05 Å². The topological polar surface area (TPSA) is 97.5 Å². The van der Waals surface area contributed by atoms with Gasteiger partial charge in [-0.2, -0.15) is 5.01 Å². The van der Waals surface area contributed by atoms with E-state index in [1.54, 1.807) is 6.08 Å². The average molecular weight is 388 g/mol. The number of hydrogen-bond donors (Lipinski definition) is 1. The summed E-state index contributed by atoms with van der Waals surface area (Å²) < 4.78 is 1.97. The van der Waals surface area contributed by atoms with Crippen molar-refractivity contribution in [2.75, 3.05) is 0 Å². The third-order valence-electron chi connectivity index (χ3n) is 3.62. The van der Waals surface area contributed by atoms with Crippen LogP contribution in [0.15, 0.2) is 47.5 Å². The van der Waals surface area contributed by atoms with Crippen LogP contribution in [0.2, 0.25) is 0 Å². The molecule has 0 radical (unpaired) electrons. The molecule has 2 amide bonds. The van der Waals surface area contributed by atoms with E-state index in [0.29, 0.717) is 4.91 Å². The number of thiocarbonyl (C=S) groups is 1. The Morgan fingerprint density at radius 2 is 2.04 bits per heavy atom. The molecule has 0 atom stereocenters. The fraction of sp³-hybridized carbons (Fsp3) is 0.0625. The molecule has 10 heteroatoms. The number of thioether (sulfide) groups is 1. The van der Waals surface area contributed by atoms with Gasteiger partial charge in [0.05, 0.1) is 9.83 Å². The number of nitrogens with zero attached hydrogens (tertiary/aromatic N) is 3. The van der Waals surface area contributed by atoms with Gasteiger partial charge in [0, 0.05) is 25.0 Å². The van der Waals surface area contributed by atoms with Gasteiger partial charge in [-0.25, -0.2) is 0 Å². The second kappa shape index (κ2) is 7.10. The van der Waals surface area contributed by atoms with Crippen LogP contribution in [-0.2, 0) is 11.8 Å². The molecule has 8 nitrogen and oxygen atoms in total. The standard InChI is InChI=1S/C16H12N4O4S2/c1-18-8-4-5-10(18)9-13-15(22)19(16(25)26-13)17-14(21)11-6-2-3-7-12(11)20(23)24/h2-9H,1H3,(H,17,21)/b13-9+. The number of hydrazine groups is 1. The van der Waals surface area contributed by atoms with Crippen molar-refractivity contribution in [3.8, 4) is 0 Å². The Morgan fingerprint density at radius 1 is 1.31 bits per heavy atom. The first-order chi connectivity index (χ1) is 12.4. The molecule has 1 fully saturated rings. The van der Waals surface area contributed by atoms with E-state index >= 15 is 0 Å². The van der Waals surface area contributed by atoms with Gasteiger partial charge in [0.2, 0.25) is 0 Å². The molecule has 2 heterocycles. The van der Waals surface area contributed by atoms with Gasteiger partial charge < -0.3 is 4.57 Å². The van der Waals surface area contributed by atoms with E-state index in [-0.39, 0.29) is 15.6 Å². The summed E-state index contributed by atoms with van der Waals surface area (Å²) in [5.41, 5.74) is 2.64. The second-order valence-electron chi connectivity index (χ2n) is 5.28. The minimum Gasteiger partial charge on any atom is -0.351 e. The van der Waals surface area contributed by atoms with Gasteiger partial charge in [-0.1, -0.05) is 23.9 Å². The number of amides is 2.